The van der Waals surface area contributed by atoms with Crippen LogP contribution in [-0.2, 0) is 24.0 Å². The number of aliphatic carboxylic acids is 1. The van der Waals surface area contributed by atoms with Crippen LogP contribution in [0.25, 0.3) is 0 Å². The predicted molar refractivity (Wildman–Crippen MR) is 133 cm³/mol. The van der Waals surface area contributed by atoms with Gasteiger partial charge in [0.05, 0.1) is 12.1 Å². The molecular formula is C23H35N5O7S. The number of thioether (sulfide) groups is 1. The second kappa shape index (κ2) is 15.8. The average molecular weight is 526 g/mol. The number of hydrogen-bond donors (Lipinski definition) is 6. The van der Waals surface area contributed by atoms with Gasteiger partial charge < -0.3 is 31.7 Å². The summed E-state index contributed by atoms with van der Waals surface area (Å²) >= 11 is 1.85. The molecule has 0 spiro atoms. The fraction of sp³-hybridized carbons (Fsp3) is 0.652. The van der Waals surface area contributed by atoms with E-state index in [9.17, 15) is 33.9 Å². The fourth-order valence-electron chi connectivity index (χ4n) is 4.07. The maximum Gasteiger partial charge on any atom is 0.326 e. The monoisotopic (exact) mass is 525 g/mol. The molecule has 0 bridgehead atoms. The highest BCUT2D eigenvalue weighted by molar-refractivity contribution is 8.00. The molecule has 2 saturated heterocycles. The first-order valence-electron chi connectivity index (χ1n) is 12.2. The van der Waals surface area contributed by atoms with Gasteiger partial charge in [-0.2, -0.15) is 11.8 Å². The normalized spacial score (nSPS) is 21.2. The van der Waals surface area contributed by atoms with Crippen molar-refractivity contribution < 1.29 is 33.9 Å². The van der Waals surface area contributed by atoms with Crippen molar-refractivity contribution in [1.29, 1.82) is 0 Å². The van der Waals surface area contributed by atoms with Crippen LogP contribution < -0.4 is 26.6 Å². The van der Waals surface area contributed by atoms with Crippen LogP contribution in [0.4, 0.5) is 4.79 Å². The molecule has 0 radical (unpaired) electrons. The van der Waals surface area contributed by atoms with E-state index >= 15 is 0 Å². The molecule has 2 rings (SSSR count). The Morgan fingerprint density at radius 3 is 2.58 bits per heavy atom. The first kappa shape index (κ1) is 29.1. The van der Waals surface area contributed by atoms with E-state index in [4.69, 9.17) is 0 Å². The number of fused-ring (bicyclic) bond motifs is 1. The highest BCUT2D eigenvalue weighted by Crippen LogP contribution is 2.33. The quantitative estimate of drug-likeness (QED) is 0.0654. The number of amides is 5. The third-order valence-electron chi connectivity index (χ3n) is 5.93. The summed E-state index contributed by atoms with van der Waals surface area (Å²) in [7, 11) is 0. The lowest BCUT2D eigenvalue weighted by molar-refractivity contribution is -0.142. The van der Waals surface area contributed by atoms with Gasteiger partial charge in [-0.25, -0.2) is 9.59 Å². The van der Waals surface area contributed by atoms with E-state index < -0.39 is 23.8 Å². The number of carbonyl (C=O) groups is 6. The van der Waals surface area contributed by atoms with Gasteiger partial charge in [-0.15, -0.1) is 0 Å². The van der Waals surface area contributed by atoms with Crippen LogP contribution in [0.3, 0.4) is 0 Å². The summed E-state index contributed by atoms with van der Waals surface area (Å²) < 4.78 is 0. The summed E-state index contributed by atoms with van der Waals surface area (Å²) in [5.41, 5.74) is 0. The number of nitrogens with one attached hydrogen (secondary N) is 5. The highest BCUT2D eigenvalue weighted by atomic mass is 32.2. The number of urea groups is 1. The highest BCUT2D eigenvalue weighted by Gasteiger charge is 2.42. The minimum absolute atomic E-state index is 0.0145. The van der Waals surface area contributed by atoms with Crippen LogP contribution >= 0.6 is 11.8 Å². The van der Waals surface area contributed by atoms with E-state index in [1.807, 2.05) is 11.8 Å². The Morgan fingerprint density at radius 1 is 1.03 bits per heavy atom. The molecular weight excluding hydrogens is 490 g/mol. The van der Waals surface area contributed by atoms with Crippen LogP contribution in [0.15, 0.2) is 12.2 Å². The van der Waals surface area contributed by atoms with Crippen molar-refractivity contribution in [2.75, 3.05) is 18.8 Å². The zero-order valence-corrected chi connectivity index (χ0v) is 20.9. The summed E-state index contributed by atoms with van der Waals surface area (Å²) in [6.07, 6.45) is 6.78. The number of unbranched alkanes of at least 4 members (excludes halogenated alkanes) is 2. The first-order valence-corrected chi connectivity index (χ1v) is 13.2. The molecule has 2 fully saturated rings. The van der Waals surface area contributed by atoms with E-state index in [2.05, 4.69) is 26.6 Å². The molecule has 0 aromatic rings. The zero-order valence-electron chi connectivity index (χ0n) is 20.1. The summed E-state index contributed by atoms with van der Waals surface area (Å²) in [6.45, 7) is 0.444. The van der Waals surface area contributed by atoms with E-state index in [0.29, 0.717) is 37.3 Å². The average Bonchev–Trinajstić information content (AvgIpc) is 3.38. The molecule has 5 amide bonds. The minimum Gasteiger partial charge on any atom is -0.480 e. The van der Waals surface area contributed by atoms with Gasteiger partial charge in [-0.05, 0) is 38.2 Å². The smallest absolute Gasteiger partial charge is 0.326 e. The van der Waals surface area contributed by atoms with Crippen molar-refractivity contribution in [3.8, 4) is 0 Å². The molecule has 2 aliphatic heterocycles. The van der Waals surface area contributed by atoms with Gasteiger partial charge in [0.2, 0.25) is 17.7 Å². The van der Waals surface area contributed by atoms with Crippen molar-refractivity contribution in [3.63, 3.8) is 0 Å². The van der Waals surface area contributed by atoms with Gasteiger partial charge in [0, 0.05) is 43.0 Å². The molecule has 0 saturated carbocycles. The Bertz CT molecular complexity index is 838. The Kier molecular flexibility index (Phi) is 12.8. The summed E-state index contributed by atoms with van der Waals surface area (Å²) in [6, 6.07) is -0.770. The van der Waals surface area contributed by atoms with Crippen molar-refractivity contribution in [3.05, 3.63) is 12.2 Å². The van der Waals surface area contributed by atoms with Gasteiger partial charge in [0.25, 0.3) is 0 Å². The zero-order chi connectivity index (χ0) is 26.3. The Balaban J connectivity index is 1.50. The number of carboxylic acid groups (broad SMARTS) is 1. The SMILES string of the molecule is O=C/C=C\C(=O)NCCC(=O)NC(CCCCNC(=O)CCCCC1SC[C@@H]2NC(=O)N[C@H]12)C(=O)O. The van der Waals surface area contributed by atoms with E-state index in [1.54, 1.807) is 0 Å². The van der Waals surface area contributed by atoms with Crippen LogP contribution in [0, 0.1) is 0 Å². The van der Waals surface area contributed by atoms with Gasteiger partial charge >= 0.3 is 12.0 Å². The summed E-state index contributed by atoms with van der Waals surface area (Å²) in [5, 5.41) is 23.2. The lowest BCUT2D eigenvalue weighted by Gasteiger charge is -2.16. The molecule has 2 aliphatic rings. The second-order valence-corrected chi connectivity index (χ2v) is 9.98. The summed E-state index contributed by atoms with van der Waals surface area (Å²) in [5.74, 6) is -1.30. The maximum atomic E-state index is 12.0. The molecule has 6 N–H and O–H groups in total. The number of hydrogen-bond acceptors (Lipinski definition) is 7. The van der Waals surface area contributed by atoms with E-state index in [1.165, 1.54) is 0 Å². The van der Waals surface area contributed by atoms with Gasteiger partial charge in [-0.1, -0.05) is 6.42 Å². The largest absolute Gasteiger partial charge is 0.480 e. The maximum absolute atomic E-state index is 12.0. The Hall–Kier alpha value is -3.09. The molecule has 2 heterocycles. The Labute approximate surface area is 214 Å². The molecule has 12 nitrogen and oxygen atoms in total. The lowest BCUT2D eigenvalue weighted by atomic mass is 10.0. The van der Waals surface area contributed by atoms with Crippen LogP contribution in [0.2, 0.25) is 0 Å². The number of allylic oxidation sites excluding steroid dienone is 1. The van der Waals surface area contributed by atoms with Gasteiger partial charge in [0.15, 0.2) is 0 Å². The molecule has 0 aliphatic carbocycles. The summed E-state index contributed by atoms with van der Waals surface area (Å²) in [4.78, 5) is 68.2. The second-order valence-electron chi connectivity index (χ2n) is 8.71. The van der Waals surface area contributed by atoms with Crippen molar-refractivity contribution in [1.82, 2.24) is 26.6 Å². The van der Waals surface area contributed by atoms with Gasteiger partial charge in [0.1, 0.15) is 12.3 Å². The third kappa shape index (κ3) is 10.7. The topological polar surface area (TPSA) is 183 Å². The number of carbonyl (C=O) groups excluding carboxylic acids is 5. The van der Waals surface area contributed by atoms with Crippen LogP contribution in [-0.4, -0.2) is 83.3 Å². The van der Waals surface area contributed by atoms with Crippen molar-refractivity contribution in [2.24, 2.45) is 0 Å². The molecule has 0 aromatic carbocycles. The predicted octanol–water partition coefficient (Wildman–Crippen LogP) is -0.170. The third-order valence-corrected chi connectivity index (χ3v) is 7.44. The molecule has 0 aromatic heterocycles. The first-order chi connectivity index (χ1) is 17.3. The molecule has 2 unspecified atom stereocenters. The number of aldehydes is 1. The van der Waals surface area contributed by atoms with Crippen LogP contribution in [0.1, 0.15) is 51.4 Å². The molecule has 200 valence electrons. The van der Waals surface area contributed by atoms with Gasteiger partial charge in [-0.3, -0.25) is 19.2 Å². The van der Waals surface area contributed by atoms with E-state index in [-0.39, 0.29) is 43.4 Å². The molecule has 4 atom stereocenters. The minimum atomic E-state index is -1.15. The number of carboxylic acids is 1. The lowest BCUT2D eigenvalue weighted by Crippen LogP contribution is -2.42. The van der Waals surface area contributed by atoms with Crippen molar-refractivity contribution in [2.45, 2.75) is 74.7 Å². The van der Waals surface area contributed by atoms with E-state index in [0.717, 1.165) is 37.2 Å². The van der Waals surface area contributed by atoms with Crippen molar-refractivity contribution >= 4 is 47.8 Å². The molecule has 36 heavy (non-hydrogen) atoms. The van der Waals surface area contributed by atoms with Crippen LogP contribution in [0.5, 0.6) is 0 Å². The number of rotatable bonds is 17. The molecule has 13 heteroatoms. The Morgan fingerprint density at radius 2 is 1.83 bits per heavy atom. The fourth-order valence-corrected chi connectivity index (χ4v) is 5.62. The standard InChI is InChI=1S/C23H35N5O7S/c29-13-5-9-19(31)25-12-10-20(32)26-15(22(33)34)6-3-4-11-24-18(30)8-2-1-7-17-21-16(14-36-17)27-23(35)28-21/h5,9,13,15-17,21H,1-4,6-8,10-12,14H2,(H,24,30)(H,25,31)(H,26,32)(H,33,34)(H2,27,28,35)/b9-5-/t15?,16-,17?,21-/m0/s1.